The van der Waals surface area contributed by atoms with E-state index < -0.39 is 12.1 Å². The Morgan fingerprint density at radius 3 is 2.42 bits per heavy atom. The normalized spacial score (nSPS) is 10.8. The van der Waals surface area contributed by atoms with Gasteiger partial charge in [-0.3, -0.25) is 0 Å². The van der Waals surface area contributed by atoms with E-state index in [0.29, 0.717) is 0 Å². The topological polar surface area (TPSA) is 38.9 Å². The van der Waals surface area contributed by atoms with E-state index >= 15 is 0 Å². The average Bonchev–Trinajstić information content (AvgIpc) is 1.99. The van der Waals surface area contributed by atoms with E-state index in [9.17, 15) is 8.78 Å². The van der Waals surface area contributed by atoms with Gasteiger partial charge in [-0.25, -0.2) is 13.8 Å². The minimum Gasteiger partial charge on any atom is -0.395 e. The van der Waals surface area contributed by atoms with Crippen molar-refractivity contribution in [1.82, 2.24) is 4.98 Å². The van der Waals surface area contributed by atoms with Gasteiger partial charge in [-0.05, 0) is 6.07 Å². The summed E-state index contributed by atoms with van der Waals surface area (Å²) in [5.41, 5.74) is 4.82. The quantitative estimate of drug-likeness (QED) is 0.728. The molecule has 2 N–H and O–H groups in total. The molecule has 0 saturated heterocycles. The average molecular weight is 213 g/mol. The van der Waals surface area contributed by atoms with Crippen LogP contribution < -0.4 is 5.73 Å². The van der Waals surface area contributed by atoms with Gasteiger partial charge in [-0.15, -0.1) is 0 Å². The fourth-order valence-corrected chi connectivity index (χ4v) is 1.07. The van der Waals surface area contributed by atoms with Crippen molar-refractivity contribution in [3.05, 3.63) is 21.9 Å². The van der Waals surface area contributed by atoms with Gasteiger partial charge < -0.3 is 5.73 Å². The largest absolute Gasteiger partial charge is 0.395 e. The number of pyridine rings is 1. The molecule has 0 radical (unpaired) electrons. The summed E-state index contributed by atoms with van der Waals surface area (Å²) in [5.74, 6) is 0. The predicted molar refractivity (Wildman–Crippen MR) is 43.6 cm³/mol. The number of alkyl halides is 2. The standard InChI is InChI=1S/C6H4Cl2F2N2/c7-2-1-3(6(9)10)12-5(8)4(2)11/h1,6H,11H2. The van der Waals surface area contributed by atoms with Gasteiger partial charge in [-0.2, -0.15) is 0 Å². The molecule has 0 unspecified atom stereocenters. The zero-order valence-corrected chi connectivity index (χ0v) is 7.20. The van der Waals surface area contributed by atoms with Crippen molar-refractivity contribution in [2.45, 2.75) is 6.43 Å². The second-order valence-electron chi connectivity index (χ2n) is 2.03. The van der Waals surface area contributed by atoms with Crippen LogP contribution in [-0.4, -0.2) is 4.98 Å². The molecule has 0 bridgehead atoms. The smallest absolute Gasteiger partial charge is 0.280 e. The molecule has 1 rings (SSSR count). The van der Waals surface area contributed by atoms with Crippen LogP contribution >= 0.6 is 23.2 Å². The van der Waals surface area contributed by atoms with E-state index in [4.69, 9.17) is 28.9 Å². The zero-order valence-electron chi connectivity index (χ0n) is 5.69. The van der Waals surface area contributed by atoms with E-state index in [0.717, 1.165) is 6.07 Å². The summed E-state index contributed by atoms with van der Waals surface area (Å²) in [4.78, 5) is 3.34. The summed E-state index contributed by atoms with van der Waals surface area (Å²) in [5, 5.41) is -0.205. The highest BCUT2D eigenvalue weighted by molar-refractivity contribution is 6.38. The third-order valence-corrected chi connectivity index (χ3v) is 1.81. The number of hydrogen-bond acceptors (Lipinski definition) is 2. The fraction of sp³-hybridized carbons (Fsp3) is 0.167. The molecule has 0 atom stereocenters. The molecule has 0 spiro atoms. The van der Waals surface area contributed by atoms with E-state index in [1.54, 1.807) is 0 Å². The van der Waals surface area contributed by atoms with Crippen LogP contribution in [0.25, 0.3) is 0 Å². The predicted octanol–water partition coefficient (Wildman–Crippen LogP) is 2.91. The van der Waals surface area contributed by atoms with Crippen LogP contribution in [-0.2, 0) is 0 Å². The van der Waals surface area contributed by atoms with Gasteiger partial charge in [0.15, 0.2) is 5.15 Å². The number of aromatic nitrogens is 1. The van der Waals surface area contributed by atoms with Crippen molar-refractivity contribution in [3.63, 3.8) is 0 Å². The number of hydrogen-bond donors (Lipinski definition) is 1. The van der Waals surface area contributed by atoms with Crippen molar-refractivity contribution in [2.75, 3.05) is 5.73 Å². The third kappa shape index (κ3) is 1.76. The second-order valence-corrected chi connectivity index (χ2v) is 2.80. The van der Waals surface area contributed by atoms with E-state index in [-0.39, 0.29) is 15.9 Å². The van der Waals surface area contributed by atoms with Gasteiger partial charge in [0.25, 0.3) is 6.43 Å². The molecule has 0 aliphatic rings. The summed E-state index contributed by atoms with van der Waals surface area (Å²) < 4.78 is 24.1. The van der Waals surface area contributed by atoms with Crippen LogP contribution in [0.5, 0.6) is 0 Å². The van der Waals surface area contributed by atoms with E-state index in [1.807, 2.05) is 0 Å². The molecule has 2 nitrogen and oxygen atoms in total. The molecule has 0 aromatic carbocycles. The highest BCUT2D eigenvalue weighted by Gasteiger charge is 2.13. The molecule has 0 aliphatic carbocycles. The van der Waals surface area contributed by atoms with Crippen LogP contribution in [0.1, 0.15) is 12.1 Å². The van der Waals surface area contributed by atoms with Crippen molar-refractivity contribution in [3.8, 4) is 0 Å². The van der Waals surface area contributed by atoms with E-state index in [1.165, 1.54) is 0 Å². The minimum absolute atomic E-state index is 0.00898. The number of nitrogen functional groups attached to an aromatic ring is 1. The molecule has 0 fully saturated rings. The van der Waals surface area contributed by atoms with Crippen molar-refractivity contribution >= 4 is 28.9 Å². The zero-order chi connectivity index (χ0) is 9.30. The molecular formula is C6H4Cl2F2N2. The molecule has 0 amide bonds. The van der Waals surface area contributed by atoms with Crippen LogP contribution in [0.3, 0.4) is 0 Å². The molecule has 0 saturated carbocycles. The maximum absolute atomic E-state index is 12.0. The van der Waals surface area contributed by atoms with Crippen LogP contribution in [0.2, 0.25) is 10.2 Å². The minimum atomic E-state index is -2.69. The SMILES string of the molecule is Nc1c(Cl)cc(C(F)F)nc1Cl. The van der Waals surface area contributed by atoms with Gasteiger partial charge in [0.2, 0.25) is 0 Å². The first-order valence-corrected chi connectivity index (χ1v) is 3.67. The number of rotatable bonds is 1. The first-order valence-electron chi connectivity index (χ1n) is 2.92. The molecule has 66 valence electrons. The first-order chi connectivity index (χ1) is 5.52. The Morgan fingerprint density at radius 2 is 2.00 bits per heavy atom. The monoisotopic (exact) mass is 212 g/mol. The molecule has 1 aromatic rings. The summed E-state index contributed by atoms with van der Waals surface area (Å²) >= 11 is 10.9. The Balaban J connectivity index is 3.21. The lowest BCUT2D eigenvalue weighted by Crippen LogP contribution is -1.96. The van der Waals surface area contributed by atoms with Crippen molar-refractivity contribution < 1.29 is 8.78 Å². The Hall–Kier alpha value is -0.610. The second kappa shape index (κ2) is 3.41. The number of nitrogens with two attached hydrogens (primary N) is 1. The Kier molecular flexibility index (Phi) is 2.69. The van der Waals surface area contributed by atoms with Gasteiger partial charge in [0.1, 0.15) is 5.69 Å². The van der Waals surface area contributed by atoms with Crippen molar-refractivity contribution in [2.24, 2.45) is 0 Å². The van der Waals surface area contributed by atoms with Gasteiger partial charge in [0.05, 0.1) is 10.7 Å². The maximum atomic E-state index is 12.0. The highest BCUT2D eigenvalue weighted by Crippen LogP contribution is 2.29. The molecule has 12 heavy (non-hydrogen) atoms. The molecule has 1 aromatic heterocycles. The van der Waals surface area contributed by atoms with Crippen molar-refractivity contribution in [1.29, 1.82) is 0 Å². The molecule has 1 heterocycles. The molecule has 6 heteroatoms. The fourth-order valence-electron chi connectivity index (χ4n) is 0.624. The summed E-state index contributed by atoms with van der Waals surface area (Å²) in [7, 11) is 0. The van der Waals surface area contributed by atoms with E-state index in [2.05, 4.69) is 4.98 Å². The lowest BCUT2D eigenvalue weighted by Gasteiger charge is -2.03. The molecule has 0 aliphatic heterocycles. The number of anilines is 1. The summed E-state index contributed by atoms with van der Waals surface area (Å²) in [6.07, 6.45) is -2.69. The number of nitrogens with zero attached hydrogens (tertiary/aromatic N) is 1. The van der Waals surface area contributed by atoms with Gasteiger partial charge in [0, 0.05) is 0 Å². The summed E-state index contributed by atoms with van der Waals surface area (Å²) in [6.45, 7) is 0. The Morgan fingerprint density at radius 1 is 1.42 bits per heavy atom. The van der Waals surface area contributed by atoms with Crippen LogP contribution in [0, 0.1) is 0 Å². The Bertz CT molecular complexity index is 281. The summed E-state index contributed by atoms with van der Waals surface area (Å²) in [6, 6.07) is 0.993. The highest BCUT2D eigenvalue weighted by atomic mass is 35.5. The maximum Gasteiger partial charge on any atom is 0.280 e. The third-order valence-electron chi connectivity index (χ3n) is 1.20. The first kappa shape index (κ1) is 9.48. The number of halogens is 4. The van der Waals surface area contributed by atoms with Crippen LogP contribution in [0.4, 0.5) is 14.5 Å². The lowest BCUT2D eigenvalue weighted by atomic mass is 10.3. The molecular weight excluding hydrogens is 209 g/mol. The van der Waals surface area contributed by atoms with Gasteiger partial charge >= 0.3 is 0 Å². The van der Waals surface area contributed by atoms with Crippen LogP contribution in [0.15, 0.2) is 6.07 Å². The lowest BCUT2D eigenvalue weighted by molar-refractivity contribution is 0.146. The van der Waals surface area contributed by atoms with Gasteiger partial charge in [-0.1, -0.05) is 23.2 Å². The Labute approximate surface area is 77.3 Å².